The summed E-state index contributed by atoms with van der Waals surface area (Å²) in [6, 6.07) is 12.4. The fourth-order valence-corrected chi connectivity index (χ4v) is 5.03. The smallest absolute Gasteiger partial charge is 0.256 e. The van der Waals surface area contributed by atoms with Crippen molar-refractivity contribution in [2.75, 3.05) is 44.7 Å². The number of anilines is 1. The van der Waals surface area contributed by atoms with Crippen LogP contribution in [0.1, 0.15) is 49.3 Å². The summed E-state index contributed by atoms with van der Waals surface area (Å²) < 4.78 is 7.38. The van der Waals surface area contributed by atoms with Crippen molar-refractivity contribution in [1.29, 1.82) is 0 Å². The number of fused-ring (bicyclic) bond motifs is 1. The van der Waals surface area contributed by atoms with Crippen LogP contribution < -0.4 is 10.9 Å². The van der Waals surface area contributed by atoms with Gasteiger partial charge in [-0.05, 0) is 37.4 Å². The molecule has 0 radical (unpaired) electrons. The zero-order valence-corrected chi connectivity index (χ0v) is 19.2. The normalized spacial score (nSPS) is 17.6. The Kier molecular flexibility index (Phi) is 6.98. The van der Waals surface area contributed by atoms with Crippen LogP contribution in [0.3, 0.4) is 0 Å². The standard InChI is InChI=1S/C26H33N5O2/c32-25-21(17-20-7-2-1-3-8-20)18-22-19-28-26(27-11-6-12-30-13-15-33-16-14-30)29-24(22)31(25)23-9-4-5-10-23/h1-3,7-8,18-19,23H,4-6,9-17H2,(H,27,28,29). The minimum Gasteiger partial charge on any atom is -0.379 e. The SMILES string of the molecule is O=c1c(Cc2ccccc2)cc2cnc(NCCCN3CCOCC3)nc2n1C1CCCC1. The highest BCUT2D eigenvalue weighted by molar-refractivity contribution is 5.76. The summed E-state index contributed by atoms with van der Waals surface area (Å²) in [5, 5.41) is 4.31. The first-order chi connectivity index (χ1) is 16.3. The Morgan fingerprint density at radius 2 is 1.88 bits per heavy atom. The molecule has 1 aliphatic heterocycles. The molecule has 7 heteroatoms. The Balaban J connectivity index is 1.38. The number of aromatic nitrogens is 3. The van der Waals surface area contributed by atoms with Crippen LogP contribution in [-0.2, 0) is 11.2 Å². The maximum absolute atomic E-state index is 13.6. The number of rotatable bonds is 8. The molecule has 1 saturated carbocycles. The Bertz CT molecular complexity index is 1120. The number of nitrogens with zero attached hydrogens (tertiary/aromatic N) is 4. The first kappa shape index (κ1) is 22.0. The highest BCUT2D eigenvalue weighted by atomic mass is 16.5. The van der Waals surface area contributed by atoms with Gasteiger partial charge in [-0.1, -0.05) is 43.2 Å². The van der Waals surface area contributed by atoms with Crippen LogP contribution in [0.4, 0.5) is 5.95 Å². The molecule has 1 aliphatic carbocycles. The number of ether oxygens (including phenoxy) is 1. The van der Waals surface area contributed by atoms with E-state index in [2.05, 4.69) is 27.3 Å². The van der Waals surface area contributed by atoms with Gasteiger partial charge < -0.3 is 10.1 Å². The van der Waals surface area contributed by atoms with Crippen molar-refractivity contribution in [3.8, 4) is 0 Å². The van der Waals surface area contributed by atoms with Crippen molar-refractivity contribution in [2.45, 2.75) is 44.6 Å². The zero-order valence-electron chi connectivity index (χ0n) is 19.2. The molecule has 0 spiro atoms. The number of morpholine rings is 1. The van der Waals surface area contributed by atoms with Gasteiger partial charge in [-0.15, -0.1) is 0 Å². The first-order valence-corrected chi connectivity index (χ1v) is 12.3. The minimum absolute atomic E-state index is 0.0928. The molecule has 2 aromatic heterocycles. The molecular weight excluding hydrogens is 414 g/mol. The van der Waals surface area contributed by atoms with Crippen molar-refractivity contribution in [1.82, 2.24) is 19.4 Å². The van der Waals surface area contributed by atoms with Gasteiger partial charge in [0.1, 0.15) is 5.65 Å². The molecule has 1 saturated heterocycles. The highest BCUT2D eigenvalue weighted by Crippen LogP contribution is 2.31. The quantitative estimate of drug-likeness (QED) is 0.532. The number of benzene rings is 1. The van der Waals surface area contributed by atoms with E-state index in [-0.39, 0.29) is 11.6 Å². The van der Waals surface area contributed by atoms with E-state index >= 15 is 0 Å². The Hall–Kier alpha value is -2.77. The second-order valence-corrected chi connectivity index (χ2v) is 9.15. The third-order valence-electron chi connectivity index (χ3n) is 6.81. The third kappa shape index (κ3) is 5.25. The van der Waals surface area contributed by atoms with E-state index < -0.39 is 0 Å². The van der Waals surface area contributed by atoms with Gasteiger partial charge in [-0.25, -0.2) is 4.98 Å². The molecule has 7 nitrogen and oxygen atoms in total. The van der Waals surface area contributed by atoms with Crippen LogP contribution in [0.5, 0.6) is 0 Å². The molecular formula is C26H33N5O2. The average molecular weight is 448 g/mol. The van der Waals surface area contributed by atoms with Crippen molar-refractivity contribution in [3.63, 3.8) is 0 Å². The van der Waals surface area contributed by atoms with Crippen LogP contribution in [0.2, 0.25) is 0 Å². The van der Waals surface area contributed by atoms with Gasteiger partial charge in [0.2, 0.25) is 5.95 Å². The molecule has 0 bridgehead atoms. The number of nitrogens with one attached hydrogen (secondary N) is 1. The summed E-state index contributed by atoms with van der Waals surface area (Å²) in [5.74, 6) is 0.603. The van der Waals surface area contributed by atoms with Crippen LogP contribution in [0, 0.1) is 0 Å². The lowest BCUT2D eigenvalue weighted by atomic mass is 10.0. The summed E-state index contributed by atoms with van der Waals surface area (Å²) >= 11 is 0. The largest absolute Gasteiger partial charge is 0.379 e. The van der Waals surface area contributed by atoms with E-state index in [4.69, 9.17) is 9.72 Å². The van der Waals surface area contributed by atoms with Gasteiger partial charge >= 0.3 is 0 Å². The van der Waals surface area contributed by atoms with Crippen molar-refractivity contribution >= 4 is 17.0 Å². The topological polar surface area (TPSA) is 72.3 Å². The molecule has 33 heavy (non-hydrogen) atoms. The van der Waals surface area contributed by atoms with E-state index in [1.54, 1.807) is 0 Å². The molecule has 1 N–H and O–H groups in total. The fourth-order valence-electron chi connectivity index (χ4n) is 5.03. The summed E-state index contributed by atoms with van der Waals surface area (Å²) in [6.45, 7) is 5.51. The Morgan fingerprint density at radius 3 is 2.67 bits per heavy atom. The third-order valence-corrected chi connectivity index (χ3v) is 6.81. The highest BCUT2D eigenvalue weighted by Gasteiger charge is 2.23. The van der Waals surface area contributed by atoms with Crippen LogP contribution in [-0.4, -0.2) is 58.8 Å². The molecule has 2 aliphatic rings. The molecule has 2 fully saturated rings. The van der Waals surface area contributed by atoms with Crippen molar-refractivity contribution < 1.29 is 4.74 Å². The van der Waals surface area contributed by atoms with E-state index in [9.17, 15) is 4.79 Å². The minimum atomic E-state index is 0.0928. The molecule has 0 unspecified atom stereocenters. The molecule has 0 atom stereocenters. The van der Waals surface area contributed by atoms with Gasteiger partial charge in [-0.3, -0.25) is 14.3 Å². The predicted octanol–water partition coefficient (Wildman–Crippen LogP) is 3.63. The van der Waals surface area contributed by atoms with Gasteiger partial charge in [0.05, 0.1) is 13.2 Å². The summed E-state index contributed by atoms with van der Waals surface area (Å²) in [6.07, 6.45) is 7.92. The van der Waals surface area contributed by atoms with Crippen LogP contribution >= 0.6 is 0 Å². The molecule has 3 aromatic rings. The van der Waals surface area contributed by atoms with Crippen LogP contribution in [0.15, 0.2) is 47.4 Å². The molecule has 5 rings (SSSR count). The van der Waals surface area contributed by atoms with Gasteiger partial charge in [0, 0.05) is 49.2 Å². The van der Waals surface area contributed by atoms with E-state index in [0.717, 1.165) is 80.8 Å². The lowest BCUT2D eigenvalue weighted by Crippen LogP contribution is -2.37. The average Bonchev–Trinajstić information content (AvgIpc) is 3.38. The molecule has 3 heterocycles. The fraction of sp³-hybridized carbons (Fsp3) is 0.500. The number of hydrogen-bond acceptors (Lipinski definition) is 6. The van der Waals surface area contributed by atoms with E-state index in [1.165, 1.54) is 12.8 Å². The second-order valence-electron chi connectivity index (χ2n) is 9.15. The zero-order chi connectivity index (χ0) is 22.5. The summed E-state index contributed by atoms with van der Waals surface area (Å²) in [4.78, 5) is 25.4. The lowest BCUT2D eigenvalue weighted by molar-refractivity contribution is 0.0378. The summed E-state index contributed by atoms with van der Waals surface area (Å²) in [7, 11) is 0. The van der Waals surface area contributed by atoms with Gasteiger partial charge in [0.15, 0.2) is 0 Å². The number of hydrogen-bond donors (Lipinski definition) is 1. The molecule has 174 valence electrons. The summed E-state index contributed by atoms with van der Waals surface area (Å²) in [5.41, 5.74) is 2.81. The Labute approximate surface area is 194 Å². The lowest BCUT2D eigenvalue weighted by Gasteiger charge is -2.26. The second kappa shape index (κ2) is 10.4. The van der Waals surface area contributed by atoms with Crippen molar-refractivity contribution in [3.05, 3.63) is 64.1 Å². The Morgan fingerprint density at radius 1 is 1.09 bits per heavy atom. The maximum Gasteiger partial charge on any atom is 0.256 e. The van der Waals surface area contributed by atoms with E-state index in [0.29, 0.717) is 12.4 Å². The molecule has 0 amide bonds. The van der Waals surface area contributed by atoms with E-state index in [1.807, 2.05) is 35.0 Å². The number of pyridine rings is 1. The van der Waals surface area contributed by atoms with Gasteiger partial charge in [-0.2, -0.15) is 4.98 Å². The van der Waals surface area contributed by atoms with Gasteiger partial charge in [0.25, 0.3) is 5.56 Å². The predicted molar refractivity (Wildman–Crippen MR) is 131 cm³/mol. The van der Waals surface area contributed by atoms with Crippen LogP contribution in [0.25, 0.3) is 11.0 Å². The monoisotopic (exact) mass is 447 g/mol. The molecule has 1 aromatic carbocycles. The maximum atomic E-state index is 13.6. The first-order valence-electron chi connectivity index (χ1n) is 12.3. The van der Waals surface area contributed by atoms with Crippen molar-refractivity contribution in [2.24, 2.45) is 0 Å².